The quantitative estimate of drug-likeness (QED) is 0.758. The summed E-state index contributed by atoms with van der Waals surface area (Å²) in [6.45, 7) is 6.23. The number of phenolic OH excluding ortho intramolecular Hbond substituents is 1. The number of phenols is 1. The molecule has 1 aliphatic rings. The summed E-state index contributed by atoms with van der Waals surface area (Å²) in [6, 6.07) is 4.07. The lowest BCUT2D eigenvalue weighted by molar-refractivity contribution is 0.162. The first kappa shape index (κ1) is 21.3. The van der Waals surface area contributed by atoms with Crippen molar-refractivity contribution in [3.8, 4) is 5.75 Å². The summed E-state index contributed by atoms with van der Waals surface area (Å²) in [7, 11) is 0. The molecule has 0 spiro atoms. The summed E-state index contributed by atoms with van der Waals surface area (Å²) in [5, 5.41) is 14.2. The van der Waals surface area contributed by atoms with E-state index >= 15 is 0 Å². The molecule has 2 N–H and O–H groups in total. The van der Waals surface area contributed by atoms with E-state index in [0.29, 0.717) is 9.50 Å². The third-order valence-electron chi connectivity index (χ3n) is 3.61. The monoisotopic (exact) mass is 418 g/mol. The summed E-state index contributed by atoms with van der Waals surface area (Å²) < 4.78 is 0.600. The lowest BCUT2D eigenvalue weighted by atomic mass is 9.99. The Morgan fingerprint density at radius 2 is 1.95 bits per heavy atom. The van der Waals surface area contributed by atoms with Gasteiger partial charge in [0.25, 0.3) is 0 Å². The van der Waals surface area contributed by atoms with Gasteiger partial charge in [0.2, 0.25) is 0 Å². The minimum Gasteiger partial charge on any atom is -0.506 e. The van der Waals surface area contributed by atoms with Gasteiger partial charge >= 0.3 is 0 Å². The first-order valence-electron chi connectivity index (χ1n) is 6.76. The maximum atomic E-state index is 10.3. The lowest BCUT2D eigenvalue weighted by Crippen LogP contribution is -2.45. The summed E-state index contributed by atoms with van der Waals surface area (Å²) in [5.41, 5.74) is 0.972. The summed E-state index contributed by atoms with van der Waals surface area (Å²) in [6.07, 6.45) is 2.13. The average Bonchev–Trinajstić information content (AvgIpc) is 2.44. The van der Waals surface area contributed by atoms with E-state index in [9.17, 15) is 5.11 Å². The van der Waals surface area contributed by atoms with Crippen molar-refractivity contribution >= 4 is 52.3 Å². The van der Waals surface area contributed by atoms with Crippen LogP contribution in [0.25, 0.3) is 0 Å². The van der Waals surface area contributed by atoms with E-state index in [0.717, 1.165) is 44.6 Å². The van der Waals surface area contributed by atoms with Gasteiger partial charge in [0, 0.05) is 37.8 Å². The zero-order chi connectivity index (χ0) is 13.8. The molecule has 0 amide bonds. The van der Waals surface area contributed by atoms with Gasteiger partial charge in [-0.25, -0.2) is 0 Å². The third-order valence-corrected chi connectivity index (χ3v) is 4.96. The summed E-state index contributed by atoms with van der Waals surface area (Å²) in [4.78, 5) is 2.44. The fourth-order valence-electron chi connectivity index (χ4n) is 2.63. The second-order valence-electron chi connectivity index (χ2n) is 4.89. The van der Waals surface area contributed by atoms with Gasteiger partial charge < -0.3 is 10.4 Å². The first-order valence-corrected chi connectivity index (χ1v) is 7.94. The average molecular weight is 421 g/mol. The number of piperazine rings is 1. The number of nitrogens with zero attached hydrogens (tertiary/aromatic N) is 1. The molecule has 1 heterocycles. The lowest BCUT2D eigenvalue weighted by Gasteiger charge is -2.35. The molecule has 21 heavy (non-hydrogen) atoms. The molecule has 0 unspecified atom stereocenters. The molecule has 0 aliphatic carbocycles. The molecule has 1 aromatic carbocycles. The molecular weight excluding hydrogens is 398 g/mol. The molecular formula is C14H22BrCl3N2O. The van der Waals surface area contributed by atoms with Crippen molar-refractivity contribution in [1.82, 2.24) is 10.2 Å². The van der Waals surface area contributed by atoms with Crippen molar-refractivity contribution in [2.75, 3.05) is 26.2 Å². The molecule has 1 atom stereocenters. The van der Waals surface area contributed by atoms with Crippen LogP contribution < -0.4 is 5.32 Å². The maximum Gasteiger partial charge on any atom is 0.136 e. The molecule has 0 bridgehead atoms. The van der Waals surface area contributed by atoms with Crippen molar-refractivity contribution in [2.45, 2.75) is 25.8 Å². The molecule has 7 heteroatoms. The van der Waals surface area contributed by atoms with Crippen molar-refractivity contribution in [3.63, 3.8) is 0 Å². The number of halogens is 4. The molecule has 122 valence electrons. The van der Waals surface area contributed by atoms with E-state index in [1.165, 1.54) is 0 Å². The highest BCUT2D eigenvalue weighted by molar-refractivity contribution is 9.10. The van der Waals surface area contributed by atoms with Crippen LogP contribution in [-0.4, -0.2) is 36.2 Å². The normalized spacial score (nSPS) is 16.7. The number of hydrogen-bond acceptors (Lipinski definition) is 3. The molecule has 0 aromatic heterocycles. The Balaban J connectivity index is 0.00000200. The second kappa shape index (κ2) is 10.1. The van der Waals surface area contributed by atoms with Gasteiger partial charge in [0.1, 0.15) is 5.75 Å². The van der Waals surface area contributed by atoms with Crippen LogP contribution in [0.15, 0.2) is 16.6 Å². The number of rotatable bonds is 4. The van der Waals surface area contributed by atoms with Crippen LogP contribution in [-0.2, 0) is 0 Å². The highest BCUT2D eigenvalue weighted by Gasteiger charge is 2.25. The predicted molar refractivity (Wildman–Crippen MR) is 97.4 cm³/mol. The van der Waals surface area contributed by atoms with Gasteiger partial charge in [-0.05, 0) is 28.4 Å². The SMILES string of the molecule is CCC[C@H](c1ccc(Cl)c(Br)c1O)N1CCNCC1.Cl.Cl. The van der Waals surface area contributed by atoms with Gasteiger partial charge in [-0.1, -0.05) is 31.0 Å². The fourth-order valence-corrected chi connectivity index (χ4v) is 3.14. The van der Waals surface area contributed by atoms with Gasteiger partial charge in [-0.15, -0.1) is 24.8 Å². The topological polar surface area (TPSA) is 35.5 Å². The van der Waals surface area contributed by atoms with E-state index < -0.39 is 0 Å². The van der Waals surface area contributed by atoms with Crippen molar-refractivity contribution in [1.29, 1.82) is 0 Å². The Bertz CT molecular complexity index is 442. The molecule has 3 nitrogen and oxygen atoms in total. The number of benzene rings is 1. The van der Waals surface area contributed by atoms with Gasteiger partial charge in [0.05, 0.1) is 9.50 Å². The number of hydrogen-bond donors (Lipinski definition) is 2. The molecule has 1 fully saturated rings. The van der Waals surface area contributed by atoms with Crippen molar-refractivity contribution in [3.05, 3.63) is 27.2 Å². The Labute approximate surface area is 152 Å². The van der Waals surface area contributed by atoms with E-state index in [2.05, 4.69) is 33.1 Å². The minimum absolute atomic E-state index is 0. The van der Waals surface area contributed by atoms with Crippen LogP contribution in [0.2, 0.25) is 5.02 Å². The predicted octanol–water partition coefficient (Wildman–Crippen LogP) is 4.40. The minimum atomic E-state index is 0. The van der Waals surface area contributed by atoms with Crippen molar-refractivity contribution in [2.24, 2.45) is 0 Å². The summed E-state index contributed by atoms with van der Waals surface area (Å²) >= 11 is 9.38. The smallest absolute Gasteiger partial charge is 0.136 e. The Hall–Kier alpha value is 0.290. The first-order chi connectivity index (χ1) is 9.15. The molecule has 1 saturated heterocycles. The van der Waals surface area contributed by atoms with Crippen molar-refractivity contribution < 1.29 is 5.11 Å². The van der Waals surface area contributed by atoms with E-state index in [1.54, 1.807) is 0 Å². The molecule has 2 rings (SSSR count). The highest BCUT2D eigenvalue weighted by Crippen LogP contribution is 2.40. The van der Waals surface area contributed by atoms with Crippen LogP contribution in [0.3, 0.4) is 0 Å². The zero-order valence-electron chi connectivity index (χ0n) is 11.9. The number of aromatic hydroxyl groups is 1. The number of nitrogens with one attached hydrogen (secondary N) is 1. The fraction of sp³-hybridized carbons (Fsp3) is 0.571. The maximum absolute atomic E-state index is 10.3. The second-order valence-corrected chi connectivity index (χ2v) is 6.09. The van der Waals surface area contributed by atoms with Gasteiger partial charge in [-0.3, -0.25) is 4.90 Å². The zero-order valence-corrected chi connectivity index (χ0v) is 15.9. The molecule has 0 radical (unpaired) electrons. The van der Waals surface area contributed by atoms with E-state index in [4.69, 9.17) is 11.6 Å². The molecule has 1 aromatic rings. The van der Waals surface area contributed by atoms with Crippen LogP contribution in [0, 0.1) is 0 Å². The van der Waals surface area contributed by atoms with Crippen LogP contribution in [0.4, 0.5) is 0 Å². The highest BCUT2D eigenvalue weighted by atomic mass is 79.9. The Morgan fingerprint density at radius 3 is 2.52 bits per heavy atom. The Morgan fingerprint density at radius 1 is 1.33 bits per heavy atom. The van der Waals surface area contributed by atoms with Gasteiger partial charge in [-0.2, -0.15) is 0 Å². The molecule has 0 saturated carbocycles. The standard InChI is InChI=1S/C14H20BrClN2O.2ClH/c1-2-3-12(18-8-6-17-7-9-18)10-4-5-11(16)13(15)14(10)19;;/h4-5,12,17,19H,2-3,6-9H2,1H3;2*1H/t12-;;/m1../s1. The van der Waals surface area contributed by atoms with Gasteiger partial charge in [0.15, 0.2) is 0 Å². The van der Waals surface area contributed by atoms with Crippen LogP contribution in [0.1, 0.15) is 31.4 Å². The third kappa shape index (κ3) is 5.15. The largest absolute Gasteiger partial charge is 0.506 e. The van der Waals surface area contributed by atoms with Crippen LogP contribution in [0.5, 0.6) is 5.75 Å². The van der Waals surface area contributed by atoms with E-state index in [1.807, 2.05) is 12.1 Å². The molecule has 1 aliphatic heterocycles. The van der Waals surface area contributed by atoms with Crippen LogP contribution >= 0.6 is 52.3 Å². The Kier molecular flexibility index (Phi) is 10.3. The van der Waals surface area contributed by atoms with E-state index in [-0.39, 0.29) is 36.6 Å². The summed E-state index contributed by atoms with van der Waals surface area (Å²) in [5.74, 6) is 0.282.